The molecule has 0 aliphatic heterocycles. The molecule has 1 aromatic heterocycles. The van der Waals surface area contributed by atoms with Crippen LogP contribution in [-0.4, -0.2) is 23.8 Å². The summed E-state index contributed by atoms with van der Waals surface area (Å²) in [5, 5.41) is 9.60. The predicted octanol–water partition coefficient (Wildman–Crippen LogP) is 2.66. The molecule has 0 aliphatic carbocycles. The number of hydrogen-bond donors (Lipinski definition) is 2. The van der Waals surface area contributed by atoms with Crippen LogP contribution in [0.3, 0.4) is 0 Å². The molecule has 84 valence electrons. The van der Waals surface area contributed by atoms with Crippen molar-refractivity contribution in [1.29, 1.82) is 5.41 Å². The molecule has 0 fully saturated rings. The normalized spacial score (nSPS) is 13.1. The van der Waals surface area contributed by atoms with Crippen molar-refractivity contribution in [3.8, 4) is 0 Å². The van der Waals surface area contributed by atoms with E-state index in [0.717, 1.165) is 16.8 Å². The van der Waals surface area contributed by atoms with Gasteiger partial charge in [-0.15, -0.1) is 11.3 Å². The molecular weight excluding hydrogens is 274 g/mol. The van der Waals surface area contributed by atoms with Crippen LogP contribution in [-0.2, 0) is 6.54 Å². The van der Waals surface area contributed by atoms with Gasteiger partial charge in [0.2, 0.25) is 0 Å². The molecule has 3 nitrogen and oxygen atoms in total. The van der Waals surface area contributed by atoms with E-state index < -0.39 is 0 Å². The molecule has 1 aromatic rings. The third-order valence-electron chi connectivity index (χ3n) is 2.33. The third kappa shape index (κ3) is 3.59. The summed E-state index contributed by atoms with van der Waals surface area (Å²) in [6.45, 7) is 2.88. The molecule has 15 heavy (non-hydrogen) atoms. The van der Waals surface area contributed by atoms with Crippen molar-refractivity contribution in [3.63, 3.8) is 0 Å². The standard InChI is InChI=1S/C10H16BrN3S/c1-3-8(10(12)13)14(2)5-7-4-9(11)15-6-7/h4,6,8H,3,5H2,1-2H3,(H3,12,13). The average molecular weight is 290 g/mol. The Bertz CT molecular complexity index is 337. The zero-order valence-electron chi connectivity index (χ0n) is 8.96. The van der Waals surface area contributed by atoms with E-state index in [1.807, 2.05) is 14.0 Å². The van der Waals surface area contributed by atoms with Crippen molar-refractivity contribution >= 4 is 33.1 Å². The lowest BCUT2D eigenvalue weighted by molar-refractivity contribution is 0.281. The summed E-state index contributed by atoms with van der Waals surface area (Å²) < 4.78 is 1.14. The maximum Gasteiger partial charge on any atom is 0.108 e. The molecule has 0 aliphatic rings. The van der Waals surface area contributed by atoms with Crippen molar-refractivity contribution < 1.29 is 0 Å². The molecule has 1 heterocycles. The van der Waals surface area contributed by atoms with Crippen molar-refractivity contribution in [2.45, 2.75) is 25.9 Å². The summed E-state index contributed by atoms with van der Waals surface area (Å²) in [6, 6.07) is 2.15. The minimum absolute atomic E-state index is 0.0451. The van der Waals surface area contributed by atoms with Gasteiger partial charge in [0, 0.05) is 6.54 Å². The third-order valence-corrected chi connectivity index (χ3v) is 3.88. The Labute approximate surface area is 103 Å². The topological polar surface area (TPSA) is 53.1 Å². The fourth-order valence-corrected chi connectivity index (χ4v) is 2.80. The van der Waals surface area contributed by atoms with Crippen LogP contribution >= 0.6 is 27.3 Å². The molecule has 1 rings (SSSR count). The highest BCUT2D eigenvalue weighted by Gasteiger charge is 2.15. The van der Waals surface area contributed by atoms with Gasteiger partial charge in [0.15, 0.2) is 0 Å². The minimum atomic E-state index is 0.0451. The fraction of sp³-hybridized carbons (Fsp3) is 0.500. The summed E-state index contributed by atoms with van der Waals surface area (Å²) in [6.07, 6.45) is 0.872. The van der Waals surface area contributed by atoms with Gasteiger partial charge in [0.1, 0.15) is 5.84 Å². The highest BCUT2D eigenvalue weighted by molar-refractivity contribution is 9.11. The Morgan fingerprint density at radius 3 is 2.80 bits per heavy atom. The zero-order valence-corrected chi connectivity index (χ0v) is 11.4. The molecule has 0 aromatic carbocycles. The van der Waals surface area contributed by atoms with E-state index >= 15 is 0 Å². The predicted molar refractivity (Wildman–Crippen MR) is 69.5 cm³/mol. The lowest BCUT2D eigenvalue weighted by Crippen LogP contribution is -2.41. The summed E-state index contributed by atoms with van der Waals surface area (Å²) in [7, 11) is 2.00. The molecule has 1 unspecified atom stereocenters. The molecule has 0 saturated carbocycles. The van der Waals surface area contributed by atoms with E-state index in [1.165, 1.54) is 5.56 Å². The van der Waals surface area contributed by atoms with E-state index in [0.29, 0.717) is 0 Å². The van der Waals surface area contributed by atoms with Crippen LogP contribution in [0.1, 0.15) is 18.9 Å². The molecule has 0 spiro atoms. The quantitative estimate of drug-likeness (QED) is 0.647. The number of hydrogen-bond acceptors (Lipinski definition) is 3. The van der Waals surface area contributed by atoms with Crippen LogP contribution < -0.4 is 5.73 Å². The Kier molecular flexibility index (Phi) is 4.76. The maximum atomic E-state index is 7.48. The largest absolute Gasteiger partial charge is 0.386 e. The number of nitrogens with zero attached hydrogens (tertiary/aromatic N) is 1. The number of likely N-dealkylation sites (N-methyl/N-ethyl adjacent to an activating group) is 1. The minimum Gasteiger partial charge on any atom is -0.386 e. The average Bonchev–Trinajstić information content (AvgIpc) is 2.51. The molecular formula is C10H16BrN3S. The Morgan fingerprint density at radius 2 is 2.40 bits per heavy atom. The van der Waals surface area contributed by atoms with Crippen LogP contribution in [0.2, 0.25) is 0 Å². The first-order valence-corrected chi connectivity index (χ1v) is 6.49. The van der Waals surface area contributed by atoms with Crippen LogP contribution in [0.15, 0.2) is 15.2 Å². The van der Waals surface area contributed by atoms with Crippen LogP contribution in [0.4, 0.5) is 0 Å². The van der Waals surface area contributed by atoms with Crippen molar-refractivity contribution in [2.75, 3.05) is 7.05 Å². The molecule has 1 atom stereocenters. The van der Waals surface area contributed by atoms with Gasteiger partial charge in [-0.25, -0.2) is 0 Å². The number of nitrogens with two attached hydrogens (primary N) is 1. The van der Waals surface area contributed by atoms with E-state index in [9.17, 15) is 0 Å². The summed E-state index contributed by atoms with van der Waals surface area (Å²) in [5.74, 6) is 0.245. The highest BCUT2D eigenvalue weighted by Crippen LogP contribution is 2.22. The number of nitrogens with one attached hydrogen (secondary N) is 1. The number of rotatable bonds is 5. The summed E-state index contributed by atoms with van der Waals surface area (Å²) >= 11 is 5.12. The van der Waals surface area contributed by atoms with E-state index in [2.05, 4.69) is 32.3 Å². The summed E-state index contributed by atoms with van der Waals surface area (Å²) in [4.78, 5) is 2.11. The van der Waals surface area contributed by atoms with Crippen molar-refractivity contribution in [2.24, 2.45) is 5.73 Å². The molecule has 0 bridgehead atoms. The van der Waals surface area contributed by atoms with Gasteiger partial charge in [-0.05, 0) is 46.4 Å². The Morgan fingerprint density at radius 1 is 1.73 bits per heavy atom. The smallest absolute Gasteiger partial charge is 0.108 e. The molecule has 0 radical (unpaired) electrons. The Balaban J connectivity index is 2.61. The Hall–Kier alpha value is -0.390. The SMILES string of the molecule is CCC(C(=N)N)N(C)Cc1csc(Br)c1. The molecule has 0 amide bonds. The van der Waals surface area contributed by atoms with Gasteiger partial charge in [-0.3, -0.25) is 10.3 Å². The lowest BCUT2D eigenvalue weighted by atomic mass is 10.1. The number of amidine groups is 1. The second kappa shape index (κ2) is 5.63. The van der Waals surface area contributed by atoms with Gasteiger partial charge in [0.05, 0.1) is 9.83 Å². The van der Waals surface area contributed by atoms with Gasteiger partial charge in [-0.2, -0.15) is 0 Å². The van der Waals surface area contributed by atoms with Gasteiger partial charge in [-0.1, -0.05) is 6.92 Å². The van der Waals surface area contributed by atoms with E-state index in [-0.39, 0.29) is 11.9 Å². The zero-order chi connectivity index (χ0) is 11.4. The van der Waals surface area contributed by atoms with Gasteiger partial charge >= 0.3 is 0 Å². The first-order chi connectivity index (χ1) is 7.04. The maximum absolute atomic E-state index is 7.48. The van der Waals surface area contributed by atoms with E-state index in [1.54, 1.807) is 11.3 Å². The van der Waals surface area contributed by atoms with Crippen molar-refractivity contribution in [3.05, 3.63) is 20.8 Å². The molecule has 0 saturated heterocycles. The monoisotopic (exact) mass is 289 g/mol. The van der Waals surface area contributed by atoms with Crippen LogP contribution in [0.25, 0.3) is 0 Å². The number of halogens is 1. The first-order valence-electron chi connectivity index (χ1n) is 4.81. The van der Waals surface area contributed by atoms with Crippen LogP contribution in [0.5, 0.6) is 0 Å². The first kappa shape index (κ1) is 12.7. The molecule has 3 N–H and O–H groups in total. The van der Waals surface area contributed by atoms with E-state index in [4.69, 9.17) is 11.1 Å². The number of thiophene rings is 1. The van der Waals surface area contributed by atoms with Gasteiger partial charge in [0.25, 0.3) is 0 Å². The second-order valence-electron chi connectivity index (χ2n) is 3.55. The van der Waals surface area contributed by atoms with Gasteiger partial charge < -0.3 is 5.73 Å². The molecule has 5 heteroatoms. The second-order valence-corrected chi connectivity index (χ2v) is 5.84. The van der Waals surface area contributed by atoms with Crippen LogP contribution in [0, 0.1) is 5.41 Å². The fourth-order valence-electron chi connectivity index (χ4n) is 1.60. The lowest BCUT2D eigenvalue weighted by Gasteiger charge is -2.25. The highest BCUT2D eigenvalue weighted by atomic mass is 79.9. The van der Waals surface area contributed by atoms with Crippen molar-refractivity contribution in [1.82, 2.24) is 4.90 Å². The summed E-state index contributed by atoms with van der Waals surface area (Å²) in [5.41, 5.74) is 6.80.